The first-order chi connectivity index (χ1) is 10.2. The van der Waals surface area contributed by atoms with Gasteiger partial charge in [-0.1, -0.05) is 18.2 Å². The highest BCUT2D eigenvalue weighted by atomic mass is 16.6. The van der Waals surface area contributed by atoms with E-state index in [0.29, 0.717) is 11.3 Å². The molecular formula is C15H11N3O3. The lowest BCUT2D eigenvalue weighted by Crippen LogP contribution is -2.24. The van der Waals surface area contributed by atoms with Crippen molar-refractivity contribution in [3.8, 4) is 23.1 Å². The molecule has 104 valence electrons. The van der Waals surface area contributed by atoms with Gasteiger partial charge >= 0.3 is 0 Å². The highest BCUT2D eigenvalue weighted by Crippen LogP contribution is 2.43. The fraction of sp³-hybridized carbons (Fsp3) is 0.133. The standard InChI is InChI=1S/C15H11N3O3/c16-9-17-8-15-13-7-10(18(19)20)5-6-11(13)12-3-1-2-4-14(12)21-15/h1-7,15,17H,8H2. The Morgan fingerprint density at radius 3 is 2.86 bits per heavy atom. The number of benzene rings is 2. The normalized spacial score (nSPS) is 15.1. The highest BCUT2D eigenvalue weighted by molar-refractivity contribution is 5.76. The lowest BCUT2D eigenvalue weighted by atomic mass is 9.92. The summed E-state index contributed by atoms with van der Waals surface area (Å²) in [7, 11) is 0. The summed E-state index contributed by atoms with van der Waals surface area (Å²) in [4.78, 5) is 10.5. The Morgan fingerprint density at radius 2 is 2.10 bits per heavy atom. The van der Waals surface area contributed by atoms with Gasteiger partial charge in [0.25, 0.3) is 5.69 Å². The lowest BCUT2D eigenvalue weighted by molar-refractivity contribution is -0.385. The summed E-state index contributed by atoms with van der Waals surface area (Å²) in [5.74, 6) is 0.712. The molecule has 0 bridgehead atoms. The monoisotopic (exact) mass is 281 g/mol. The number of nitro benzene ring substituents is 1. The third-order valence-electron chi connectivity index (χ3n) is 3.41. The predicted molar refractivity (Wildman–Crippen MR) is 75.5 cm³/mol. The maximum atomic E-state index is 10.9. The average molecular weight is 281 g/mol. The van der Waals surface area contributed by atoms with E-state index < -0.39 is 11.0 Å². The van der Waals surface area contributed by atoms with Gasteiger partial charge < -0.3 is 10.1 Å². The van der Waals surface area contributed by atoms with Gasteiger partial charge in [0, 0.05) is 23.3 Å². The number of hydrogen-bond acceptors (Lipinski definition) is 5. The Hall–Kier alpha value is -3.07. The molecule has 0 radical (unpaired) electrons. The zero-order valence-electron chi connectivity index (χ0n) is 10.9. The molecule has 6 nitrogen and oxygen atoms in total. The van der Waals surface area contributed by atoms with E-state index in [4.69, 9.17) is 10.00 Å². The molecular weight excluding hydrogens is 270 g/mol. The summed E-state index contributed by atoms with van der Waals surface area (Å²) in [6.45, 7) is 0.263. The van der Waals surface area contributed by atoms with E-state index in [9.17, 15) is 10.1 Å². The smallest absolute Gasteiger partial charge is 0.269 e. The van der Waals surface area contributed by atoms with Gasteiger partial charge in [-0.15, -0.1) is 0 Å². The highest BCUT2D eigenvalue weighted by Gasteiger charge is 2.27. The van der Waals surface area contributed by atoms with E-state index in [1.807, 2.05) is 30.5 Å². The van der Waals surface area contributed by atoms with Gasteiger partial charge in [0.05, 0.1) is 11.5 Å². The zero-order valence-corrected chi connectivity index (χ0v) is 10.9. The lowest BCUT2D eigenvalue weighted by Gasteiger charge is -2.28. The number of nitro groups is 1. The molecule has 0 saturated carbocycles. The number of nitriles is 1. The molecule has 2 aromatic carbocycles. The van der Waals surface area contributed by atoms with Crippen molar-refractivity contribution in [1.82, 2.24) is 5.32 Å². The Balaban J connectivity index is 2.13. The van der Waals surface area contributed by atoms with Gasteiger partial charge in [0.15, 0.2) is 6.19 Å². The third kappa shape index (κ3) is 2.25. The SMILES string of the molecule is N#CNCC1Oc2ccccc2-c2ccc([N+](=O)[O-])cc21. The molecule has 2 aromatic rings. The molecule has 0 aromatic heterocycles. The van der Waals surface area contributed by atoms with Crippen molar-refractivity contribution in [2.75, 3.05) is 6.54 Å². The number of nitrogens with one attached hydrogen (secondary N) is 1. The van der Waals surface area contributed by atoms with Crippen LogP contribution in [0.5, 0.6) is 5.75 Å². The summed E-state index contributed by atoms with van der Waals surface area (Å²) < 4.78 is 5.86. The van der Waals surface area contributed by atoms with Crippen LogP contribution in [0.1, 0.15) is 11.7 Å². The first kappa shape index (κ1) is 12.9. The molecule has 6 heteroatoms. The molecule has 1 N–H and O–H groups in total. The quantitative estimate of drug-likeness (QED) is 0.404. The molecule has 0 saturated heterocycles. The van der Waals surface area contributed by atoms with Crippen LogP contribution < -0.4 is 10.1 Å². The van der Waals surface area contributed by atoms with Gasteiger partial charge in [-0.2, -0.15) is 5.26 Å². The minimum absolute atomic E-state index is 0.0127. The molecule has 0 aliphatic carbocycles. The average Bonchev–Trinajstić information content (AvgIpc) is 2.52. The molecule has 1 aliphatic rings. The van der Waals surface area contributed by atoms with Crippen LogP contribution in [0, 0.1) is 21.6 Å². The van der Waals surface area contributed by atoms with Crippen molar-refractivity contribution in [2.45, 2.75) is 6.10 Å². The fourth-order valence-electron chi connectivity index (χ4n) is 2.47. The molecule has 0 amide bonds. The topological polar surface area (TPSA) is 88.2 Å². The Labute approximate surface area is 120 Å². The molecule has 0 spiro atoms. The van der Waals surface area contributed by atoms with E-state index in [-0.39, 0.29) is 12.2 Å². The third-order valence-corrected chi connectivity index (χ3v) is 3.41. The van der Waals surface area contributed by atoms with Crippen molar-refractivity contribution in [3.05, 3.63) is 58.1 Å². The summed E-state index contributed by atoms with van der Waals surface area (Å²) in [6, 6.07) is 12.2. The van der Waals surface area contributed by atoms with Crippen LogP contribution in [0.4, 0.5) is 5.69 Å². The van der Waals surface area contributed by atoms with E-state index in [1.165, 1.54) is 12.1 Å². The van der Waals surface area contributed by atoms with Crippen LogP contribution in [0.3, 0.4) is 0 Å². The number of rotatable bonds is 3. The van der Waals surface area contributed by atoms with Crippen molar-refractivity contribution in [1.29, 1.82) is 5.26 Å². The van der Waals surface area contributed by atoms with E-state index in [1.54, 1.807) is 6.07 Å². The van der Waals surface area contributed by atoms with Gasteiger partial charge in [-0.3, -0.25) is 10.1 Å². The molecule has 1 aliphatic heterocycles. The van der Waals surface area contributed by atoms with Gasteiger partial charge in [0.2, 0.25) is 0 Å². The number of ether oxygens (including phenoxy) is 1. The number of fused-ring (bicyclic) bond motifs is 3. The van der Waals surface area contributed by atoms with Crippen LogP contribution in [0.15, 0.2) is 42.5 Å². The molecule has 21 heavy (non-hydrogen) atoms. The van der Waals surface area contributed by atoms with Crippen molar-refractivity contribution >= 4 is 5.69 Å². The van der Waals surface area contributed by atoms with E-state index in [0.717, 1.165) is 11.1 Å². The first-order valence-corrected chi connectivity index (χ1v) is 6.37. The Bertz CT molecular complexity index is 752. The summed E-state index contributed by atoms with van der Waals surface area (Å²) in [5.41, 5.74) is 2.52. The second-order valence-electron chi connectivity index (χ2n) is 4.62. The minimum Gasteiger partial charge on any atom is -0.483 e. The maximum Gasteiger partial charge on any atom is 0.269 e. The second kappa shape index (κ2) is 5.13. The van der Waals surface area contributed by atoms with Gasteiger partial charge in [-0.05, 0) is 17.7 Å². The Kier molecular flexibility index (Phi) is 3.16. The molecule has 1 atom stereocenters. The van der Waals surface area contributed by atoms with Crippen LogP contribution >= 0.6 is 0 Å². The van der Waals surface area contributed by atoms with Crippen LogP contribution in [-0.4, -0.2) is 11.5 Å². The zero-order chi connectivity index (χ0) is 14.8. The molecule has 0 fully saturated rings. The van der Waals surface area contributed by atoms with Crippen LogP contribution in [0.25, 0.3) is 11.1 Å². The van der Waals surface area contributed by atoms with Crippen molar-refractivity contribution < 1.29 is 9.66 Å². The summed E-state index contributed by atoms with van der Waals surface area (Å²) in [6.07, 6.45) is 1.41. The number of nitrogens with zero attached hydrogens (tertiary/aromatic N) is 2. The Morgan fingerprint density at radius 1 is 1.29 bits per heavy atom. The van der Waals surface area contributed by atoms with Crippen LogP contribution in [-0.2, 0) is 0 Å². The minimum atomic E-state index is -0.436. The van der Waals surface area contributed by atoms with Gasteiger partial charge in [-0.25, -0.2) is 0 Å². The summed E-state index contributed by atoms with van der Waals surface area (Å²) in [5, 5.41) is 22.2. The van der Waals surface area contributed by atoms with Gasteiger partial charge in [0.1, 0.15) is 11.9 Å². The number of non-ortho nitro benzene ring substituents is 1. The molecule has 1 heterocycles. The maximum absolute atomic E-state index is 10.9. The van der Waals surface area contributed by atoms with Crippen molar-refractivity contribution in [2.24, 2.45) is 0 Å². The number of hydrogen-bond donors (Lipinski definition) is 1. The summed E-state index contributed by atoms with van der Waals surface area (Å²) >= 11 is 0. The fourth-order valence-corrected chi connectivity index (χ4v) is 2.47. The predicted octanol–water partition coefficient (Wildman–Crippen LogP) is 2.77. The van der Waals surface area contributed by atoms with Crippen LogP contribution in [0.2, 0.25) is 0 Å². The number of para-hydroxylation sites is 1. The first-order valence-electron chi connectivity index (χ1n) is 6.37. The largest absolute Gasteiger partial charge is 0.483 e. The second-order valence-corrected chi connectivity index (χ2v) is 4.62. The van der Waals surface area contributed by atoms with Crippen molar-refractivity contribution in [3.63, 3.8) is 0 Å². The van der Waals surface area contributed by atoms with E-state index >= 15 is 0 Å². The molecule has 1 unspecified atom stereocenters. The van der Waals surface area contributed by atoms with E-state index in [2.05, 4.69) is 5.32 Å². The molecule has 3 rings (SSSR count).